The Labute approximate surface area is 204 Å². The van der Waals surface area contributed by atoms with Gasteiger partial charge in [0.25, 0.3) is 0 Å². The minimum atomic E-state index is -0.330. The second kappa shape index (κ2) is 10.6. The van der Waals surface area contributed by atoms with E-state index in [0.717, 1.165) is 29.1 Å². The molecule has 182 valence electrons. The third kappa shape index (κ3) is 5.29. The lowest BCUT2D eigenvalue weighted by atomic mass is 9.94. The number of aromatic nitrogens is 2. The van der Waals surface area contributed by atoms with E-state index in [1.54, 1.807) is 4.90 Å². The number of hydrogen-bond donors (Lipinski definition) is 1. The fourth-order valence-electron chi connectivity index (χ4n) is 4.76. The van der Waals surface area contributed by atoms with Crippen molar-refractivity contribution in [3.63, 3.8) is 0 Å². The monoisotopic (exact) mass is 483 g/mol. The predicted octanol–water partition coefficient (Wildman–Crippen LogP) is 3.98. The SMILES string of the molecule is CCC(CC)c1nnc(NC(=O)C2CCN(C(=O)C3CC(=O)N(c4ccc(C)cc4)C3)CC2)s1. The highest BCUT2D eigenvalue weighted by molar-refractivity contribution is 7.15. The summed E-state index contributed by atoms with van der Waals surface area (Å²) in [4.78, 5) is 41.9. The topological polar surface area (TPSA) is 95.5 Å². The second-order valence-corrected chi connectivity index (χ2v) is 10.3. The van der Waals surface area contributed by atoms with E-state index in [4.69, 9.17) is 0 Å². The zero-order valence-electron chi connectivity index (χ0n) is 20.1. The van der Waals surface area contributed by atoms with Crippen molar-refractivity contribution in [2.75, 3.05) is 29.9 Å². The summed E-state index contributed by atoms with van der Waals surface area (Å²) in [6.45, 7) is 7.74. The predicted molar refractivity (Wildman–Crippen MR) is 133 cm³/mol. The number of amides is 3. The molecule has 1 atom stereocenters. The second-order valence-electron chi connectivity index (χ2n) is 9.29. The van der Waals surface area contributed by atoms with Crippen molar-refractivity contribution < 1.29 is 14.4 Å². The van der Waals surface area contributed by atoms with Crippen LogP contribution in [-0.2, 0) is 14.4 Å². The van der Waals surface area contributed by atoms with Crippen molar-refractivity contribution in [1.29, 1.82) is 0 Å². The van der Waals surface area contributed by atoms with Crippen molar-refractivity contribution >= 4 is 39.9 Å². The molecular formula is C25H33N5O3S. The van der Waals surface area contributed by atoms with E-state index in [9.17, 15) is 14.4 Å². The molecule has 0 radical (unpaired) electrons. The molecule has 3 heterocycles. The van der Waals surface area contributed by atoms with Crippen LogP contribution in [0.4, 0.5) is 10.8 Å². The van der Waals surface area contributed by atoms with Gasteiger partial charge in [0, 0.05) is 43.6 Å². The number of aryl methyl sites for hydroxylation is 1. The van der Waals surface area contributed by atoms with Crippen LogP contribution in [-0.4, -0.2) is 52.5 Å². The minimum absolute atomic E-state index is 0.0127. The lowest BCUT2D eigenvalue weighted by Crippen LogP contribution is -2.44. The number of carbonyl (C=O) groups is 3. The third-order valence-corrected chi connectivity index (χ3v) is 8.00. The maximum absolute atomic E-state index is 13.1. The van der Waals surface area contributed by atoms with E-state index >= 15 is 0 Å². The van der Waals surface area contributed by atoms with Gasteiger partial charge in [0.1, 0.15) is 5.01 Å². The smallest absolute Gasteiger partial charge is 0.229 e. The van der Waals surface area contributed by atoms with Crippen LogP contribution in [0.2, 0.25) is 0 Å². The van der Waals surface area contributed by atoms with Gasteiger partial charge in [-0.2, -0.15) is 0 Å². The Morgan fingerprint density at radius 3 is 2.41 bits per heavy atom. The molecule has 0 aliphatic carbocycles. The number of benzene rings is 1. The first-order valence-corrected chi connectivity index (χ1v) is 13.0. The number of piperidine rings is 1. The molecule has 0 spiro atoms. The molecule has 9 heteroatoms. The highest BCUT2D eigenvalue weighted by Crippen LogP contribution is 2.30. The van der Waals surface area contributed by atoms with Crippen LogP contribution in [0.1, 0.15) is 62.4 Å². The molecule has 1 N–H and O–H groups in total. The molecule has 1 unspecified atom stereocenters. The minimum Gasteiger partial charge on any atom is -0.342 e. The van der Waals surface area contributed by atoms with E-state index in [1.165, 1.54) is 11.3 Å². The summed E-state index contributed by atoms with van der Waals surface area (Å²) in [5, 5.41) is 12.8. The molecule has 8 nitrogen and oxygen atoms in total. The molecule has 1 aromatic heterocycles. The molecule has 4 rings (SSSR count). The van der Waals surface area contributed by atoms with Crippen molar-refractivity contribution in [3.05, 3.63) is 34.8 Å². The first-order chi connectivity index (χ1) is 16.4. The van der Waals surface area contributed by atoms with Gasteiger partial charge in [-0.05, 0) is 44.7 Å². The summed E-state index contributed by atoms with van der Waals surface area (Å²) in [5.74, 6) is -0.160. The first kappa shape index (κ1) is 24.3. The van der Waals surface area contributed by atoms with Crippen molar-refractivity contribution in [1.82, 2.24) is 15.1 Å². The largest absolute Gasteiger partial charge is 0.342 e. The highest BCUT2D eigenvalue weighted by Gasteiger charge is 2.38. The molecular weight excluding hydrogens is 450 g/mol. The van der Waals surface area contributed by atoms with E-state index in [1.807, 2.05) is 36.1 Å². The Hall–Kier alpha value is -2.81. The maximum atomic E-state index is 13.1. The van der Waals surface area contributed by atoms with E-state index in [-0.39, 0.29) is 36.0 Å². The molecule has 2 saturated heterocycles. The number of anilines is 2. The Balaban J connectivity index is 1.28. The molecule has 34 heavy (non-hydrogen) atoms. The van der Waals surface area contributed by atoms with Crippen LogP contribution >= 0.6 is 11.3 Å². The molecule has 2 fully saturated rings. The molecule has 0 saturated carbocycles. The lowest BCUT2D eigenvalue weighted by Gasteiger charge is -2.32. The van der Waals surface area contributed by atoms with Gasteiger partial charge in [0.15, 0.2) is 0 Å². The van der Waals surface area contributed by atoms with Crippen LogP contribution in [0, 0.1) is 18.8 Å². The zero-order valence-corrected chi connectivity index (χ0v) is 20.9. The highest BCUT2D eigenvalue weighted by atomic mass is 32.1. The number of likely N-dealkylation sites (tertiary alicyclic amines) is 1. The van der Waals surface area contributed by atoms with Crippen LogP contribution < -0.4 is 10.2 Å². The fraction of sp³-hybridized carbons (Fsp3) is 0.560. The first-order valence-electron chi connectivity index (χ1n) is 12.2. The molecule has 0 bridgehead atoms. The quantitative estimate of drug-likeness (QED) is 0.643. The van der Waals surface area contributed by atoms with Gasteiger partial charge in [-0.1, -0.05) is 42.9 Å². The van der Waals surface area contributed by atoms with Crippen molar-refractivity contribution in [2.24, 2.45) is 11.8 Å². The van der Waals surface area contributed by atoms with Gasteiger partial charge in [0.05, 0.1) is 5.92 Å². The Morgan fingerprint density at radius 1 is 1.09 bits per heavy atom. The summed E-state index contributed by atoms with van der Waals surface area (Å²) in [7, 11) is 0. The van der Waals surface area contributed by atoms with Gasteiger partial charge in [-0.15, -0.1) is 10.2 Å². The number of nitrogens with zero attached hydrogens (tertiary/aromatic N) is 4. The normalized spacial score (nSPS) is 19.2. The van der Waals surface area contributed by atoms with E-state index in [0.29, 0.717) is 43.5 Å². The molecule has 3 amide bonds. The summed E-state index contributed by atoms with van der Waals surface area (Å²) in [6.07, 6.45) is 3.46. The van der Waals surface area contributed by atoms with Gasteiger partial charge in [-0.3, -0.25) is 14.4 Å². The lowest BCUT2D eigenvalue weighted by molar-refractivity contribution is -0.138. The van der Waals surface area contributed by atoms with Crippen LogP contribution in [0.15, 0.2) is 24.3 Å². The Bertz CT molecular complexity index is 1030. The third-order valence-electron chi connectivity index (χ3n) is 7.00. The standard InChI is InChI=1S/C25H33N5O3S/c1-4-17(5-2)23-27-28-25(34-23)26-22(32)18-10-12-29(13-11-18)24(33)19-14-21(31)30(15-19)20-8-6-16(3)7-9-20/h6-9,17-19H,4-5,10-15H2,1-3H3,(H,26,28,32). The van der Waals surface area contributed by atoms with E-state index < -0.39 is 0 Å². The van der Waals surface area contributed by atoms with Crippen LogP contribution in [0.25, 0.3) is 0 Å². The summed E-state index contributed by atoms with van der Waals surface area (Å²) >= 11 is 1.45. The number of rotatable bonds is 7. The summed E-state index contributed by atoms with van der Waals surface area (Å²) < 4.78 is 0. The fourth-order valence-corrected chi connectivity index (χ4v) is 5.78. The molecule has 2 aliphatic rings. The van der Waals surface area contributed by atoms with Gasteiger partial charge < -0.3 is 15.1 Å². The van der Waals surface area contributed by atoms with Crippen LogP contribution in [0.5, 0.6) is 0 Å². The number of carbonyl (C=O) groups excluding carboxylic acids is 3. The average Bonchev–Trinajstić information content (AvgIpc) is 3.47. The Morgan fingerprint density at radius 2 is 1.76 bits per heavy atom. The van der Waals surface area contributed by atoms with Crippen LogP contribution in [0.3, 0.4) is 0 Å². The molecule has 2 aromatic rings. The molecule has 2 aliphatic heterocycles. The molecule has 1 aromatic carbocycles. The summed E-state index contributed by atoms with van der Waals surface area (Å²) in [5.41, 5.74) is 1.97. The van der Waals surface area contributed by atoms with E-state index in [2.05, 4.69) is 29.4 Å². The summed E-state index contributed by atoms with van der Waals surface area (Å²) in [6, 6.07) is 7.80. The van der Waals surface area contributed by atoms with Gasteiger partial charge in [-0.25, -0.2) is 0 Å². The van der Waals surface area contributed by atoms with Crippen molar-refractivity contribution in [3.8, 4) is 0 Å². The number of hydrogen-bond acceptors (Lipinski definition) is 6. The maximum Gasteiger partial charge on any atom is 0.229 e. The van der Waals surface area contributed by atoms with Gasteiger partial charge in [0.2, 0.25) is 22.9 Å². The zero-order chi connectivity index (χ0) is 24.2. The number of nitrogens with one attached hydrogen (secondary N) is 1. The Kier molecular flexibility index (Phi) is 7.60. The van der Waals surface area contributed by atoms with Gasteiger partial charge >= 0.3 is 0 Å². The van der Waals surface area contributed by atoms with Crippen molar-refractivity contribution in [2.45, 2.75) is 58.8 Å². The average molecular weight is 484 g/mol.